The number of aromatic nitrogens is 2. The number of halogens is 3. The number of aliphatic hydroxyl groups is 1. The number of benzene rings is 2. The second-order valence-corrected chi connectivity index (χ2v) is 8.74. The Morgan fingerprint density at radius 1 is 1.23 bits per heavy atom. The summed E-state index contributed by atoms with van der Waals surface area (Å²) in [5.41, 5.74) is 3.60. The molecule has 0 saturated carbocycles. The molecule has 0 unspecified atom stereocenters. The Labute approximate surface area is 190 Å². The first kappa shape index (κ1) is 21.8. The minimum absolute atomic E-state index is 0.0230. The van der Waals surface area contributed by atoms with E-state index in [1.807, 2.05) is 32.9 Å². The van der Waals surface area contributed by atoms with E-state index in [2.05, 4.69) is 5.10 Å². The third-order valence-electron chi connectivity index (χ3n) is 5.56. The zero-order valence-electron chi connectivity index (χ0n) is 17.4. The minimum atomic E-state index is -0.659. The molecule has 1 N–H and O–H groups in total. The van der Waals surface area contributed by atoms with E-state index >= 15 is 4.39 Å². The van der Waals surface area contributed by atoms with Gasteiger partial charge in [-0.25, -0.2) is 4.39 Å². The molecule has 8 heteroatoms. The number of fused-ring (bicyclic) bond motifs is 1. The van der Waals surface area contributed by atoms with Crippen LogP contribution in [0, 0.1) is 12.7 Å². The number of amides is 1. The van der Waals surface area contributed by atoms with Crippen LogP contribution in [-0.2, 0) is 6.54 Å². The number of aliphatic hydroxyl groups excluding tert-OH is 1. The summed E-state index contributed by atoms with van der Waals surface area (Å²) in [4.78, 5) is 15.0. The standard InChI is InChI=1S/C23H22Cl2FN3O2/c1-12(2)21-18-20(27-28(21)9-10-30)23(31)29(17-6-4-5-16(25)19(17)26)22(18)15-8-7-14(24)11-13(15)3/h4-8,11-12,22,30H,9-10H2,1-3H3/t22-/m1/s1. The van der Waals surface area contributed by atoms with Gasteiger partial charge in [0, 0.05) is 16.3 Å². The lowest BCUT2D eigenvalue weighted by atomic mass is 9.92. The molecule has 1 aliphatic heterocycles. The van der Waals surface area contributed by atoms with Crippen LogP contribution in [0.1, 0.15) is 58.7 Å². The molecule has 31 heavy (non-hydrogen) atoms. The normalized spacial score (nSPS) is 15.8. The van der Waals surface area contributed by atoms with Crippen LogP contribution < -0.4 is 4.90 Å². The average Bonchev–Trinajstić information content (AvgIpc) is 3.20. The van der Waals surface area contributed by atoms with Gasteiger partial charge in [0.2, 0.25) is 0 Å². The molecule has 5 nitrogen and oxygen atoms in total. The molecule has 2 heterocycles. The van der Waals surface area contributed by atoms with Crippen molar-refractivity contribution in [2.75, 3.05) is 11.5 Å². The third kappa shape index (κ3) is 3.53. The van der Waals surface area contributed by atoms with Gasteiger partial charge in [-0.1, -0.05) is 49.2 Å². The highest BCUT2D eigenvalue weighted by Crippen LogP contribution is 2.46. The number of hydrogen-bond donors (Lipinski definition) is 1. The molecule has 3 aromatic rings. The van der Waals surface area contributed by atoms with E-state index in [1.54, 1.807) is 22.9 Å². The second kappa shape index (κ2) is 8.26. The Kier molecular flexibility index (Phi) is 5.81. The van der Waals surface area contributed by atoms with Crippen LogP contribution in [0.4, 0.5) is 10.1 Å². The SMILES string of the molecule is Cc1cc(Cl)ccc1[C@@H]1c2c(nn(CCO)c2C(C)C)C(=O)N1c1cccc(Cl)c1F. The van der Waals surface area contributed by atoms with Gasteiger partial charge in [-0.05, 0) is 48.2 Å². The van der Waals surface area contributed by atoms with E-state index in [0.717, 1.165) is 22.4 Å². The predicted octanol–water partition coefficient (Wildman–Crippen LogP) is 5.50. The second-order valence-electron chi connectivity index (χ2n) is 7.90. The Morgan fingerprint density at radius 3 is 2.61 bits per heavy atom. The Morgan fingerprint density at radius 2 is 1.97 bits per heavy atom. The number of carbonyl (C=O) groups is 1. The van der Waals surface area contributed by atoms with Gasteiger partial charge in [-0.3, -0.25) is 14.4 Å². The van der Waals surface area contributed by atoms with E-state index in [-0.39, 0.29) is 35.5 Å². The highest BCUT2D eigenvalue weighted by molar-refractivity contribution is 6.31. The first-order valence-electron chi connectivity index (χ1n) is 10.0. The topological polar surface area (TPSA) is 58.4 Å². The maximum Gasteiger partial charge on any atom is 0.280 e. The Hall–Kier alpha value is -2.41. The van der Waals surface area contributed by atoms with Gasteiger partial charge < -0.3 is 5.11 Å². The molecular formula is C23H22Cl2FN3O2. The maximum absolute atomic E-state index is 15.1. The third-order valence-corrected chi connectivity index (χ3v) is 6.09. The van der Waals surface area contributed by atoms with E-state index in [1.165, 1.54) is 11.0 Å². The van der Waals surface area contributed by atoms with Gasteiger partial charge in [0.05, 0.1) is 29.9 Å². The van der Waals surface area contributed by atoms with Gasteiger partial charge in [-0.2, -0.15) is 5.10 Å². The highest BCUT2D eigenvalue weighted by atomic mass is 35.5. The first-order valence-corrected chi connectivity index (χ1v) is 10.8. The summed E-state index contributed by atoms with van der Waals surface area (Å²) in [6.45, 7) is 6.08. The highest BCUT2D eigenvalue weighted by Gasteiger charge is 2.46. The van der Waals surface area contributed by atoms with Gasteiger partial charge >= 0.3 is 0 Å². The van der Waals surface area contributed by atoms with Crippen molar-refractivity contribution < 1.29 is 14.3 Å². The number of aryl methyl sites for hydroxylation is 1. The van der Waals surface area contributed by atoms with Crippen LogP contribution in [0.2, 0.25) is 10.0 Å². The lowest BCUT2D eigenvalue weighted by molar-refractivity contribution is 0.0986. The van der Waals surface area contributed by atoms with Crippen LogP contribution in [0.5, 0.6) is 0 Å². The van der Waals surface area contributed by atoms with E-state index < -0.39 is 17.8 Å². The Balaban J connectivity index is 2.02. The molecule has 1 aliphatic rings. The van der Waals surface area contributed by atoms with Crippen molar-refractivity contribution in [3.05, 3.63) is 80.3 Å². The maximum atomic E-state index is 15.1. The summed E-state index contributed by atoms with van der Waals surface area (Å²) < 4.78 is 16.7. The molecule has 4 rings (SSSR count). The summed E-state index contributed by atoms with van der Waals surface area (Å²) in [5, 5.41) is 14.5. The average molecular weight is 462 g/mol. The lowest BCUT2D eigenvalue weighted by Crippen LogP contribution is -2.31. The van der Waals surface area contributed by atoms with Crippen molar-refractivity contribution in [2.24, 2.45) is 0 Å². The number of carbonyl (C=O) groups excluding carboxylic acids is 1. The van der Waals surface area contributed by atoms with Crippen molar-refractivity contribution in [3.63, 3.8) is 0 Å². The van der Waals surface area contributed by atoms with Gasteiger partial charge in [0.15, 0.2) is 11.5 Å². The molecule has 0 spiro atoms. The van der Waals surface area contributed by atoms with Gasteiger partial charge in [-0.15, -0.1) is 0 Å². The number of anilines is 1. The van der Waals surface area contributed by atoms with E-state index in [4.69, 9.17) is 23.2 Å². The van der Waals surface area contributed by atoms with Crippen LogP contribution in [0.3, 0.4) is 0 Å². The summed E-state index contributed by atoms with van der Waals surface area (Å²) >= 11 is 12.2. The largest absolute Gasteiger partial charge is 0.394 e. The molecule has 2 aromatic carbocycles. The summed E-state index contributed by atoms with van der Waals surface area (Å²) in [7, 11) is 0. The van der Waals surface area contributed by atoms with Crippen LogP contribution in [-0.4, -0.2) is 27.4 Å². The molecule has 0 bridgehead atoms. The first-order chi connectivity index (χ1) is 14.8. The van der Waals surface area contributed by atoms with Crippen molar-refractivity contribution in [2.45, 2.75) is 39.3 Å². The monoisotopic (exact) mass is 461 g/mol. The molecule has 0 aliphatic carbocycles. The zero-order chi connectivity index (χ0) is 22.4. The molecule has 162 valence electrons. The van der Waals surface area contributed by atoms with Crippen molar-refractivity contribution in [1.82, 2.24) is 9.78 Å². The zero-order valence-corrected chi connectivity index (χ0v) is 18.9. The number of hydrogen-bond acceptors (Lipinski definition) is 3. The van der Waals surface area contributed by atoms with Gasteiger partial charge in [0.25, 0.3) is 5.91 Å². The Bertz CT molecular complexity index is 1180. The summed E-state index contributed by atoms with van der Waals surface area (Å²) in [6.07, 6.45) is 0. The predicted molar refractivity (Wildman–Crippen MR) is 120 cm³/mol. The van der Waals surface area contributed by atoms with Crippen molar-refractivity contribution in [1.29, 1.82) is 0 Å². The lowest BCUT2D eigenvalue weighted by Gasteiger charge is -2.29. The fourth-order valence-corrected chi connectivity index (χ4v) is 4.71. The fourth-order valence-electron chi connectivity index (χ4n) is 4.32. The van der Waals surface area contributed by atoms with Crippen molar-refractivity contribution in [3.8, 4) is 0 Å². The number of nitrogens with zero attached hydrogens (tertiary/aromatic N) is 3. The van der Waals surface area contributed by atoms with E-state index in [0.29, 0.717) is 5.02 Å². The van der Waals surface area contributed by atoms with Crippen LogP contribution in [0.15, 0.2) is 36.4 Å². The molecule has 1 atom stereocenters. The van der Waals surface area contributed by atoms with Crippen molar-refractivity contribution >= 4 is 34.8 Å². The molecule has 0 saturated heterocycles. The smallest absolute Gasteiger partial charge is 0.280 e. The molecule has 1 amide bonds. The van der Waals surface area contributed by atoms with E-state index in [9.17, 15) is 9.90 Å². The van der Waals surface area contributed by atoms with Crippen LogP contribution >= 0.6 is 23.2 Å². The van der Waals surface area contributed by atoms with Crippen LogP contribution in [0.25, 0.3) is 0 Å². The summed E-state index contributed by atoms with van der Waals surface area (Å²) in [5.74, 6) is -1.04. The number of rotatable bonds is 5. The fraction of sp³-hybridized carbons (Fsp3) is 0.304. The van der Waals surface area contributed by atoms with Gasteiger partial charge in [0.1, 0.15) is 0 Å². The summed E-state index contributed by atoms with van der Waals surface area (Å²) in [6, 6.07) is 9.44. The quantitative estimate of drug-likeness (QED) is 0.545. The molecule has 0 fully saturated rings. The minimum Gasteiger partial charge on any atom is -0.394 e. The molecule has 1 aromatic heterocycles. The molecular weight excluding hydrogens is 440 g/mol. The molecule has 0 radical (unpaired) electrons.